The molecule has 0 aliphatic carbocycles. The van der Waals surface area contributed by atoms with Crippen LogP contribution in [0.5, 0.6) is 0 Å². The van der Waals surface area contributed by atoms with Gasteiger partial charge in [-0.15, -0.1) is 0 Å². The minimum Gasteiger partial charge on any atom is -0.383 e. The Morgan fingerprint density at radius 1 is 1.31 bits per heavy atom. The Bertz CT molecular complexity index is 420. The lowest BCUT2D eigenvalue weighted by Gasteiger charge is -1.96. The fourth-order valence-corrected chi connectivity index (χ4v) is 1.89. The van der Waals surface area contributed by atoms with Gasteiger partial charge in [0.2, 0.25) is 0 Å². The van der Waals surface area contributed by atoms with Gasteiger partial charge in [-0.25, -0.2) is 0 Å². The third-order valence-corrected chi connectivity index (χ3v) is 2.68. The number of hydrogen-bond acceptors (Lipinski definition) is 3. The Labute approximate surface area is 81.2 Å². The number of benzene rings is 1. The highest BCUT2D eigenvalue weighted by atomic mass is 32.1. The summed E-state index contributed by atoms with van der Waals surface area (Å²) in [5.74, 6) is 0.599. The van der Waals surface area contributed by atoms with E-state index in [1.165, 1.54) is 22.7 Å². The first-order chi connectivity index (χ1) is 6.25. The standard InChI is InChI=1S/C10H10N2S/c1-7-3-2-4-8(5-7)9-6-10(11)12-13-9/h2-6H,1H3,(H2,11,12). The normalized spacial score (nSPS) is 10.2. The smallest absolute Gasteiger partial charge is 0.137 e. The summed E-state index contributed by atoms with van der Waals surface area (Å²) >= 11 is 1.44. The molecule has 1 aromatic heterocycles. The van der Waals surface area contributed by atoms with Crippen molar-refractivity contribution in [2.75, 3.05) is 5.73 Å². The molecule has 1 heterocycles. The Morgan fingerprint density at radius 2 is 2.15 bits per heavy atom. The van der Waals surface area contributed by atoms with Crippen molar-refractivity contribution in [3.05, 3.63) is 35.9 Å². The van der Waals surface area contributed by atoms with Crippen LogP contribution >= 0.6 is 11.5 Å². The number of anilines is 1. The molecule has 2 N–H and O–H groups in total. The predicted octanol–water partition coefficient (Wildman–Crippen LogP) is 2.70. The summed E-state index contributed by atoms with van der Waals surface area (Å²) < 4.78 is 4.04. The molecule has 0 amide bonds. The Morgan fingerprint density at radius 3 is 2.77 bits per heavy atom. The lowest BCUT2D eigenvalue weighted by molar-refractivity contribution is 1.48. The molecule has 13 heavy (non-hydrogen) atoms. The average molecular weight is 190 g/mol. The third kappa shape index (κ3) is 1.70. The van der Waals surface area contributed by atoms with Gasteiger partial charge in [-0.05, 0) is 24.0 Å². The van der Waals surface area contributed by atoms with Crippen molar-refractivity contribution >= 4 is 17.4 Å². The van der Waals surface area contributed by atoms with Gasteiger partial charge in [-0.3, -0.25) is 0 Å². The monoisotopic (exact) mass is 190 g/mol. The van der Waals surface area contributed by atoms with E-state index >= 15 is 0 Å². The maximum Gasteiger partial charge on any atom is 0.137 e. The first kappa shape index (κ1) is 8.26. The van der Waals surface area contributed by atoms with Crippen molar-refractivity contribution in [2.24, 2.45) is 0 Å². The topological polar surface area (TPSA) is 38.9 Å². The number of nitrogen functional groups attached to an aromatic ring is 1. The molecule has 66 valence electrons. The highest BCUT2D eigenvalue weighted by molar-refractivity contribution is 7.09. The zero-order valence-corrected chi connectivity index (χ0v) is 8.14. The molecule has 1 aromatic carbocycles. The van der Waals surface area contributed by atoms with E-state index in [4.69, 9.17) is 5.73 Å². The van der Waals surface area contributed by atoms with Crippen LogP contribution in [-0.4, -0.2) is 4.37 Å². The van der Waals surface area contributed by atoms with Gasteiger partial charge >= 0.3 is 0 Å². The third-order valence-electron chi connectivity index (χ3n) is 1.83. The van der Waals surface area contributed by atoms with Gasteiger partial charge in [-0.2, -0.15) is 4.37 Å². The lowest BCUT2D eigenvalue weighted by Crippen LogP contribution is -1.80. The van der Waals surface area contributed by atoms with Crippen LogP contribution < -0.4 is 5.73 Å². The second kappa shape index (κ2) is 3.18. The molecule has 0 saturated carbocycles. The second-order valence-corrected chi connectivity index (χ2v) is 3.79. The van der Waals surface area contributed by atoms with E-state index in [1.54, 1.807) is 0 Å². The maximum atomic E-state index is 5.55. The Hall–Kier alpha value is -1.35. The quantitative estimate of drug-likeness (QED) is 0.751. The molecule has 0 fully saturated rings. The summed E-state index contributed by atoms with van der Waals surface area (Å²) in [7, 11) is 0. The Balaban J connectivity index is 2.46. The molecule has 0 bridgehead atoms. The SMILES string of the molecule is Cc1cccc(-c2cc(N)ns2)c1. The van der Waals surface area contributed by atoms with E-state index in [-0.39, 0.29) is 0 Å². The number of rotatable bonds is 1. The highest BCUT2D eigenvalue weighted by Crippen LogP contribution is 2.25. The fourth-order valence-electron chi connectivity index (χ4n) is 1.22. The van der Waals surface area contributed by atoms with E-state index in [1.807, 2.05) is 12.1 Å². The van der Waals surface area contributed by atoms with Crippen LogP contribution in [0.2, 0.25) is 0 Å². The van der Waals surface area contributed by atoms with Crippen LogP contribution in [0.15, 0.2) is 30.3 Å². The second-order valence-electron chi connectivity index (χ2n) is 2.99. The molecule has 2 aromatic rings. The van der Waals surface area contributed by atoms with E-state index in [2.05, 4.69) is 29.5 Å². The highest BCUT2D eigenvalue weighted by Gasteiger charge is 2.01. The zero-order valence-electron chi connectivity index (χ0n) is 7.32. The van der Waals surface area contributed by atoms with Crippen LogP contribution in [0.1, 0.15) is 5.56 Å². The molecule has 0 aliphatic heterocycles. The maximum absolute atomic E-state index is 5.55. The van der Waals surface area contributed by atoms with Crippen molar-refractivity contribution in [1.82, 2.24) is 4.37 Å². The molecule has 0 saturated heterocycles. The fraction of sp³-hybridized carbons (Fsp3) is 0.100. The van der Waals surface area contributed by atoms with Gasteiger partial charge in [0, 0.05) is 6.07 Å². The number of nitrogens with zero attached hydrogens (tertiary/aromatic N) is 1. The molecule has 0 unspecified atom stereocenters. The van der Waals surface area contributed by atoms with Crippen LogP contribution in [0.4, 0.5) is 5.82 Å². The van der Waals surface area contributed by atoms with Gasteiger partial charge in [0.25, 0.3) is 0 Å². The van der Waals surface area contributed by atoms with Gasteiger partial charge in [0.1, 0.15) is 5.82 Å². The van der Waals surface area contributed by atoms with Crippen molar-refractivity contribution in [3.63, 3.8) is 0 Å². The van der Waals surface area contributed by atoms with Gasteiger partial charge < -0.3 is 5.73 Å². The van der Waals surface area contributed by atoms with Crippen molar-refractivity contribution in [3.8, 4) is 10.4 Å². The summed E-state index contributed by atoms with van der Waals surface area (Å²) in [4.78, 5) is 1.13. The number of hydrogen-bond donors (Lipinski definition) is 1. The van der Waals surface area contributed by atoms with Crippen molar-refractivity contribution in [2.45, 2.75) is 6.92 Å². The van der Waals surface area contributed by atoms with E-state index < -0.39 is 0 Å². The average Bonchev–Trinajstić information content (AvgIpc) is 2.52. The molecule has 2 rings (SSSR count). The number of nitrogens with two attached hydrogens (primary N) is 1. The first-order valence-corrected chi connectivity index (χ1v) is 4.82. The molecule has 0 radical (unpaired) electrons. The molecule has 3 heteroatoms. The van der Waals surface area contributed by atoms with Crippen LogP contribution in [0.25, 0.3) is 10.4 Å². The molecular weight excluding hydrogens is 180 g/mol. The molecule has 2 nitrogen and oxygen atoms in total. The minimum atomic E-state index is 0.599. The largest absolute Gasteiger partial charge is 0.383 e. The first-order valence-electron chi connectivity index (χ1n) is 4.05. The van der Waals surface area contributed by atoms with Gasteiger partial charge in [-0.1, -0.05) is 29.8 Å². The molecule has 0 atom stereocenters. The van der Waals surface area contributed by atoms with E-state index in [0.717, 1.165) is 4.88 Å². The molecule has 0 aliphatic rings. The van der Waals surface area contributed by atoms with Crippen LogP contribution in [0.3, 0.4) is 0 Å². The summed E-state index contributed by atoms with van der Waals surface area (Å²) in [6.07, 6.45) is 0. The van der Waals surface area contributed by atoms with E-state index in [0.29, 0.717) is 5.82 Å². The number of aromatic nitrogens is 1. The summed E-state index contributed by atoms with van der Waals surface area (Å²) in [5.41, 5.74) is 8.00. The summed E-state index contributed by atoms with van der Waals surface area (Å²) in [6.45, 7) is 2.08. The molecule has 0 spiro atoms. The van der Waals surface area contributed by atoms with Crippen LogP contribution in [-0.2, 0) is 0 Å². The number of aryl methyl sites for hydroxylation is 1. The van der Waals surface area contributed by atoms with Crippen molar-refractivity contribution < 1.29 is 0 Å². The Kier molecular flexibility index (Phi) is 2.02. The summed E-state index contributed by atoms with van der Waals surface area (Å²) in [5, 5.41) is 0. The van der Waals surface area contributed by atoms with Gasteiger partial charge in [0.15, 0.2) is 0 Å². The lowest BCUT2D eigenvalue weighted by atomic mass is 10.1. The molecular formula is C10H10N2S. The summed E-state index contributed by atoms with van der Waals surface area (Å²) in [6, 6.07) is 10.2. The zero-order chi connectivity index (χ0) is 9.26. The predicted molar refractivity (Wildman–Crippen MR) is 56.7 cm³/mol. The van der Waals surface area contributed by atoms with E-state index in [9.17, 15) is 0 Å². The van der Waals surface area contributed by atoms with Crippen molar-refractivity contribution in [1.29, 1.82) is 0 Å². The minimum absolute atomic E-state index is 0.599. The van der Waals surface area contributed by atoms with Gasteiger partial charge in [0.05, 0.1) is 4.88 Å². The van der Waals surface area contributed by atoms with Crippen LogP contribution in [0, 0.1) is 6.92 Å².